The third-order valence-electron chi connectivity index (χ3n) is 6.58. The van der Waals surface area contributed by atoms with Gasteiger partial charge in [-0.3, -0.25) is 9.69 Å². The van der Waals surface area contributed by atoms with Crippen LogP contribution in [0.5, 0.6) is 28.7 Å². The summed E-state index contributed by atoms with van der Waals surface area (Å²) in [5.74, 6) is 3.57. The minimum absolute atomic E-state index is 0.138. The summed E-state index contributed by atoms with van der Waals surface area (Å²) in [6, 6.07) is 15.5. The van der Waals surface area contributed by atoms with Crippen LogP contribution in [0, 0.1) is 6.92 Å². The fourth-order valence-corrected chi connectivity index (χ4v) is 4.61. The van der Waals surface area contributed by atoms with Crippen molar-refractivity contribution in [3.8, 4) is 28.7 Å². The molecule has 5 rings (SSSR count). The van der Waals surface area contributed by atoms with E-state index in [9.17, 15) is 4.79 Å². The summed E-state index contributed by atoms with van der Waals surface area (Å²) in [6.45, 7) is 3.99. The number of Topliss-reactive ketones (excluding diaryl/α,β-unsaturated/α-hetero) is 1. The molecule has 2 aliphatic heterocycles. The number of benzene rings is 3. The van der Waals surface area contributed by atoms with Gasteiger partial charge in [0, 0.05) is 24.2 Å². The molecular weight excluding hydrogens is 458 g/mol. The van der Waals surface area contributed by atoms with Crippen LogP contribution in [0.3, 0.4) is 0 Å². The Bertz CT molecular complexity index is 1330. The van der Waals surface area contributed by atoms with Crippen LogP contribution in [0.1, 0.15) is 32.6 Å². The Balaban J connectivity index is 1.33. The number of ether oxygens (including phenoxy) is 5. The highest BCUT2D eigenvalue weighted by Crippen LogP contribution is 2.43. The number of methoxy groups -OCH3 is 3. The molecule has 7 nitrogen and oxygen atoms in total. The highest BCUT2D eigenvalue weighted by Gasteiger charge is 2.33. The van der Waals surface area contributed by atoms with Gasteiger partial charge in [0.25, 0.3) is 0 Å². The van der Waals surface area contributed by atoms with E-state index in [2.05, 4.69) is 17.0 Å². The molecule has 3 aromatic rings. The number of ketones is 1. The summed E-state index contributed by atoms with van der Waals surface area (Å²) in [7, 11) is 4.83. The maximum absolute atomic E-state index is 13.2. The van der Waals surface area contributed by atoms with Gasteiger partial charge in [-0.25, -0.2) is 0 Å². The average molecular weight is 488 g/mol. The zero-order valence-corrected chi connectivity index (χ0v) is 20.9. The lowest BCUT2D eigenvalue weighted by atomic mass is 9.99. The molecule has 0 amide bonds. The number of carbonyl (C=O) groups excluding carboxylic acids is 1. The van der Waals surface area contributed by atoms with Crippen molar-refractivity contribution in [3.63, 3.8) is 0 Å². The van der Waals surface area contributed by atoms with Gasteiger partial charge in [0.15, 0.2) is 17.3 Å². The van der Waals surface area contributed by atoms with Crippen LogP contribution in [-0.4, -0.2) is 45.3 Å². The first kappa shape index (κ1) is 23.8. The molecule has 0 saturated carbocycles. The monoisotopic (exact) mass is 487 g/mol. The minimum atomic E-state index is -0.138. The smallest absolute Gasteiger partial charge is 0.231 e. The number of rotatable bonds is 7. The summed E-state index contributed by atoms with van der Waals surface area (Å²) in [5.41, 5.74) is 4.43. The fourth-order valence-electron chi connectivity index (χ4n) is 4.61. The number of nitrogens with zero attached hydrogens (tertiary/aromatic N) is 1. The molecule has 0 aromatic heterocycles. The lowest BCUT2D eigenvalue weighted by Crippen LogP contribution is -2.34. The molecule has 0 radical (unpaired) electrons. The normalized spacial score (nSPS) is 15.7. The van der Waals surface area contributed by atoms with Crippen molar-refractivity contribution in [3.05, 3.63) is 82.1 Å². The molecule has 0 spiro atoms. The van der Waals surface area contributed by atoms with E-state index < -0.39 is 0 Å². The predicted molar refractivity (Wildman–Crippen MR) is 136 cm³/mol. The third-order valence-corrected chi connectivity index (χ3v) is 6.58. The molecule has 0 aliphatic carbocycles. The molecule has 3 aromatic carbocycles. The highest BCUT2D eigenvalue weighted by atomic mass is 16.5. The summed E-state index contributed by atoms with van der Waals surface area (Å²) in [6.07, 6.45) is 2.62. The van der Waals surface area contributed by atoms with Crippen LogP contribution < -0.4 is 23.7 Å². The van der Waals surface area contributed by atoms with Gasteiger partial charge < -0.3 is 23.7 Å². The van der Waals surface area contributed by atoms with Gasteiger partial charge in [-0.1, -0.05) is 18.2 Å². The maximum Gasteiger partial charge on any atom is 0.231 e. The Morgan fingerprint density at radius 3 is 2.44 bits per heavy atom. The summed E-state index contributed by atoms with van der Waals surface area (Å²) >= 11 is 0. The molecule has 36 heavy (non-hydrogen) atoms. The van der Waals surface area contributed by atoms with Crippen LogP contribution in [0.15, 0.2) is 54.3 Å². The van der Waals surface area contributed by atoms with E-state index in [1.807, 2.05) is 37.3 Å². The first-order valence-electron chi connectivity index (χ1n) is 11.8. The summed E-state index contributed by atoms with van der Waals surface area (Å²) in [4.78, 5) is 15.5. The van der Waals surface area contributed by atoms with Crippen molar-refractivity contribution in [2.24, 2.45) is 0 Å². The standard InChI is InChI=1S/C29H29NO6/c1-18-28-21(16-30(17-35-28)12-11-19-5-8-22(32-2)9-6-19)15-23-27(31)26(36-29(18)23)14-20-7-10-24(33-3)25(13-20)34-4/h5-10,13-15H,11-12,16-17H2,1-4H3/b26-14-. The zero-order chi connectivity index (χ0) is 25.2. The first-order chi connectivity index (χ1) is 17.5. The molecule has 0 unspecified atom stereocenters. The SMILES string of the molecule is COc1ccc(CCN2COc3c(cc4c(c3C)O/C(=C\c3ccc(OC)c(OC)c3)C4=O)C2)cc1. The molecule has 2 heterocycles. The van der Waals surface area contributed by atoms with Crippen LogP contribution in [0.2, 0.25) is 0 Å². The highest BCUT2D eigenvalue weighted by molar-refractivity contribution is 6.15. The molecule has 0 fully saturated rings. The number of carbonyl (C=O) groups is 1. The molecule has 0 atom stereocenters. The van der Waals surface area contributed by atoms with Crippen LogP contribution >= 0.6 is 0 Å². The Morgan fingerprint density at radius 1 is 0.944 bits per heavy atom. The minimum Gasteiger partial charge on any atom is -0.497 e. The Kier molecular flexibility index (Phi) is 6.57. The van der Waals surface area contributed by atoms with Crippen molar-refractivity contribution >= 4 is 11.9 Å². The fraction of sp³-hybridized carbons (Fsp3) is 0.276. The molecular formula is C29H29NO6. The van der Waals surface area contributed by atoms with Crippen molar-refractivity contribution < 1.29 is 28.5 Å². The van der Waals surface area contributed by atoms with E-state index >= 15 is 0 Å². The average Bonchev–Trinajstić information content (AvgIpc) is 3.22. The van der Waals surface area contributed by atoms with Crippen molar-refractivity contribution in [2.45, 2.75) is 19.9 Å². The second kappa shape index (κ2) is 9.95. The number of hydrogen-bond donors (Lipinski definition) is 0. The van der Waals surface area contributed by atoms with Gasteiger partial charge in [-0.15, -0.1) is 0 Å². The molecule has 0 N–H and O–H groups in total. The van der Waals surface area contributed by atoms with E-state index in [4.69, 9.17) is 23.7 Å². The zero-order valence-electron chi connectivity index (χ0n) is 20.9. The molecule has 0 saturated heterocycles. The number of fused-ring (bicyclic) bond motifs is 2. The van der Waals surface area contributed by atoms with Crippen LogP contribution in [-0.2, 0) is 13.0 Å². The largest absolute Gasteiger partial charge is 0.497 e. The number of hydrogen-bond acceptors (Lipinski definition) is 7. The summed E-state index contributed by atoms with van der Waals surface area (Å²) in [5, 5.41) is 0. The van der Waals surface area contributed by atoms with E-state index in [0.29, 0.717) is 36.1 Å². The van der Waals surface area contributed by atoms with E-state index in [-0.39, 0.29) is 11.5 Å². The van der Waals surface area contributed by atoms with Gasteiger partial charge in [0.05, 0.1) is 26.9 Å². The first-order valence-corrected chi connectivity index (χ1v) is 11.8. The Hall–Kier alpha value is -3.97. The second-order valence-electron chi connectivity index (χ2n) is 8.84. The van der Waals surface area contributed by atoms with Crippen molar-refractivity contribution in [2.75, 3.05) is 34.6 Å². The molecule has 186 valence electrons. The lowest BCUT2D eigenvalue weighted by Gasteiger charge is -2.30. The molecule has 0 bridgehead atoms. The van der Waals surface area contributed by atoms with Gasteiger partial charge >= 0.3 is 0 Å². The Labute approximate surface area is 210 Å². The van der Waals surface area contributed by atoms with Gasteiger partial charge in [-0.05, 0) is 60.9 Å². The maximum atomic E-state index is 13.2. The summed E-state index contributed by atoms with van der Waals surface area (Å²) < 4.78 is 28.1. The predicted octanol–water partition coefficient (Wildman–Crippen LogP) is 5.03. The van der Waals surface area contributed by atoms with Gasteiger partial charge in [0.1, 0.15) is 24.0 Å². The van der Waals surface area contributed by atoms with Crippen LogP contribution in [0.4, 0.5) is 0 Å². The Morgan fingerprint density at radius 2 is 1.72 bits per heavy atom. The third kappa shape index (κ3) is 4.50. The second-order valence-corrected chi connectivity index (χ2v) is 8.84. The van der Waals surface area contributed by atoms with E-state index in [0.717, 1.165) is 41.2 Å². The van der Waals surface area contributed by atoms with Crippen molar-refractivity contribution in [1.29, 1.82) is 0 Å². The van der Waals surface area contributed by atoms with E-state index in [1.165, 1.54) is 5.56 Å². The topological polar surface area (TPSA) is 66.5 Å². The molecule has 7 heteroatoms. The van der Waals surface area contributed by atoms with Gasteiger partial charge in [0.2, 0.25) is 5.78 Å². The van der Waals surface area contributed by atoms with Gasteiger partial charge in [-0.2, -0.15) is 0 Å². The quantitative estimate of drug-likeness (QED) is 0.433. The van der Waals surface area contributed by atoms with Crippen LogP contribution in [0.25, 0.3) is 6.08 Å². The molecule has 2 aliphatic rings. The lowest BCUT2D eigenvalue weighted by molar-refractivity contribution is 0.0954. The number of allylic oxidation sites excluding steroid dienone is 1. The van der Waals surface area contributed by atoms with E-state index in [1.54, 1.807) is 33.5 Å². The van der Waals surface area contributed by atoms with Crippen molar-refractivity contribution in [1.82, 2.24) is 4.90 Å².